The predicted octanol–water partition coefficient (Wildman–Crippen LogP) is 3.12. The van der Waals surface area contributed by atoms with Gasteiger partial charge >= 0.3 is 17.3 Å². The Bertz CT molecular complexity index is 2040. The van der Waals surface area contributed by atoms with Crippen LogP contribution in [-0.2, 0) is 4.74 Å². The number of rotatable bonds is 5. The maximum absolute atomic E-state index is 12.2. The zero-order chi connectivity index (χ0) is 29.8. The van der Waals surface area contributed by atoms with Crippen molar-refractivity contribution in [3.8, 4) is 6.07 Å². The zero-order valence-electron chi connectivity index (χ0n) is 22.8. The van der Waals surface area contributed by atoms with Crippen LogP contribution in [0.2, 0.25) is 0 Å². The van der Waals surface area contributed by atoms with Crippen LogP contribution in [0.5, 0.6) is 0 Å². The molecule has 6 aromatic rings. The van der Waals surface area contributed by atoms with Gasteiger partial charge in [0.1, 0.15) is 6.07 Å². The number of H-pyrrole nitrogens is 2. The van der Waals surface area contributed by atoms with E-state index in [1.54, 1.807) is 0 Å². The molecule has 2 N–H and O–H groups in total. The lowest BCUT2D eigenvalue weighted by molar-refractivity contribution is 0.0594. The zero-order valence-corrected chi connectivity index (χ0v) is 22.8. The van der Waals surface area contributed by atoms with E-state index in [2.05, 4.69) is 34.6 Å². The summed E-state index contributed by atoms with van der Waals surface area (Å²) in [5.74, 6) is -0.595. The third kappa shape index (κ3) is 5.28. The number of hydrogen-bond donors (Lipinski definition) is 2. The minimum Gasteiger partial charge on any atom is -0.464 e. The molecule has 6 rings (SSSR count). The Morgan fingerprint density at radius 2 is 1.29 bits per heavy atom. The summed E-state index contributed by atoms with van der Waals surface area (Å²) in [5, 5.41) is 8.90. The number of fused-ring (bicyclic) bond motifs is 2. The Morgan fingerprint density at radius 1 is 0.810 bits per heavy atom. The Kier molecular flexibility index (Phi) is 7.70. The van der Waals surface area contributed by atoms with Gasteiger partial charge in [0.05, 0.1) is 31.6 Å². The van der Waals surface area contributed by atoms with E-state index in [0.717, 1.165) is 11.1 Å². The highest BCUT2D eigenvalue weighted by Gasteiger charge is 2.19. The van der Waals surface area contributed by atoms with Gasteiger partial charge in [0, 0.05) is 0 Å². The third-order valence-corrected chi connectivity index (χ3v) is 6.70. The topological polar surface area (TPSA) is 177 Å². The van der Waals surface area contributed by atoms with Gasteiger partial charge in [0.25, 0.3) is 0 Å². The van der Waals surface area contributed by atoms with Gasteiger partial charge in [0.2, 0.25) is 0 Å². The van der Waals surface area contributed by atoms with Gasteiger partial charge < -0.3 is 4.74 Å². The van der Waals surface area contributed by atoms with Gasteiger partial charge in [-0.3, -0.25) is 19.1 Å². The van der Waals surface area contributed by atoms with Gasteiger partial charge in [-0.2, -0.15) is 5.26 Å². The number of nitriles is 1. The van der Waals surface area contributed by atoms with E-state index in [9.17, 15) is 14.4 Å². The Balaban J connectivity index is 0.000000169. The first-order valence-electron chi connectivity index (χ1n) is 12.8. The SMILES string of the molecule is COC(=O)c1cnc2[nH]c(=O)n([C@@H](C)c3ccccc3)c2n1.C[C@@H](c1ccccc1)n1c(=O)[nH]c2ncc(C#N)nc21. The normalized spacial score (nSPS) is 12.2. The van der Waals surface area contributed by atoms with Crippen LogP contribution in [0.1, 0.15) is 53.2 Å². The number of carbonyl (C=O) groups is 1. The third-order valence-electron chi connectivity index (χ3n) is 6.70. The monoisotopic (exact) mass is 563 g/mol. The van der Waals surface area contributed by atoms with Crippen molar-refractivity contribution >= 4 is 28.6 Å². The van der Waals surface area contributed by atoms with Gasteiger partial charge in [-0.05, 0) is 25.0 Å². The van der Waals surface area contributed by atoms with Crippen molar-refractivity contribution < 1.29 is 9.53 Å². The molecule has 0 unspecified atom stereocenters. The summed E-state index contributed by atoms with van der Waals surface area (Å²) in [6.45, 7) is 3.79. The van der Waals surface area contributed by atoms with Crippen LogP contribution in [0.3, 0.4) is 0 Å². The molecule has 0 spiro atoms. The van der Waals surface area contributed by atoms with E-state index in [4.69, 9.17) is 5.26 Å². The van der Waals surface area contributed by atoms with Crippen LogP contribution in [0, 0.1) is 11.3 Å². The highest BCUT2D eigenvalue weighted by atomic mass is 16.5. The number of aromatic nitrogens is 8. The molecule has 13 heteroatoms. The van der Waals surface area contributed by atoms with E-state index in [0.29, 0.717) is 22.6 Å². The highest BCUT2D eigenvalue weighted by molar-refractivity contribution is 5.88. The summed E-state index contributed by atoms with van der Waals surface area (Å²) in [5.41, 5.74) is 3.01. The summed E-state index contributed by atoms with van der Waals surface area (Å²) >= 11 is 0. The van der Waals surface area contributed by atoms with Crippen molar-refractivity contribution in [2.45, 2.75) is 25.9 Å². The lowest BCUT2D eigenvalue weighted by atomic mass is 10.1. The molecule has 0 amide bonds. The second-order valence-electron chi connectivity index (χ2n) is 9.23. The van der Waals surface area contributed by atoms with Crippen molar-refractivity contribution in [3.05, 3.63) is 117 Å². The molecule has 0 saturated heterocycles. The molecule has 0 bridgehead atoms. The highest BCUT2D eigenvalue weighted by Crippen LogP contribution is 2.20. The van der Waals surface area contributed by atoms with Crippen LogP contribution in [0.4, 0.5) is 0 Å². The first kappa shape index (κ1) is 27.7. The largest absolute Gasteiger partial charge is 0.464 e. The number of methoxy groups -OCH3 is 1. The van der Waals surface area contributed by atoms with Crippen molar-refractivity contribution in [1.82, 2.24) is 39.0 Å². The number of nitrogens with zero attached hydrogens (tertiary/aromatic N) is 7. The molecule has 0 aliphatic heterocycles. The summed E-state index contributed by atoms with van der Waals surface area (Å²) < 4.78 is 7.63. The molecule has 0 aliphatic carbocycles. The smallest absolute Gasteiger partial charge is 0.358 e. The molecule has 42 heavy (non-hydrogen) atoms. The fourth-order valence-corrected chi connectivity index (χ4v) is 4.52. The van der Waals surface area contributed by atoms with Crippen LogP contribution in [0.25, 0.3) is 22.6 Å². The van der Waals surface area contributed by atoms with E-state index < -0.39 is 5.97 Å². The van der Waals surface area contributed by atoms with Gasteiger partial charge in [-0.25, -0.2) is 34.3 Å². The fraction of sp³-hybridized carbons (Fsp3) is 0.172. The van der Waals surface area contributed by atoms with Gasteiger partial charge in [0.15, 0.2) is 34.0 Å². The summed E-state index contributed by atoms with van der Waals surface area (Å²) in [4.78, 5) is 57.7. The fourth-order valence-electron chi connectivity index (χ4n) is 4.52. The second-order valence-corrected chi connectivity index (χ2v) is 9.23. The number of nitrogens with one attached hydrogen (secondary N) is 2. The number of hydrogen-bond acceptors (Lipinski definition) is 9. The van der Waals surface area contributed by atoms with Crippen molar-refractivity contribution in [1.29, 1.82) is 5.26 Å². The number of aromatic amines is 2. The van der Waals surface area contributed by atoms with Crippen molar-refractivity contribution in [2.24, 2.45) is 0 Å². The molecule has 2 atom stereocenters. The summed E-state index contributed by atoms with van der Waals surface area (Å²) in [6, 6.07) is 20.7. The number of carbonyl (C=O) groups excluding carboxylic acids is 1. The molecule has 4 aromatic heterocycles. The molecule has 4 heterocycles. The first-order valence-corrected chi connectivity index (χ1v) is 12.8. The average molecular weight is 564 g/mol. The minimum absolute atomic E-state index is 0.0583. The second kappa shape index (κ2) is 11.7. The van der Waals surface area contributed by atoms with E-state index in [1.807, 2.05) is 80.6 Å². The van der Waals surface area contributed by atoms with E-state index >= 15 is 0 Å². The Morgan fingerprint density at radius 3 is 1.76 bits per heavy atom. The lowest BCUT2D eigenvalue weighted by Crippen LogP contribution is -2.21. The number of benzene rings is 2. The Labute approximate surface area is 238 Å². The Hall–Kier alpha value is -5.90. The quantitative estimate of drug-likeness (QED) is 0.298. The maximum atomic E-state index is 12.2. The van der Waals surface area contributed by atoms with Crippen LogP contribution in [0.15, 0.2) is 82.6 Å². The lowest BCUT2D eigenvalue weighted by Gasteiger charge is -2.13. The predicted molar refractivity (Wildman–Crippen MR) is 153 cm³/mol. The van der Waals surface area contributed by atoms with Crippen LogP contribution >= 0.6 is 0 Å². The van der Waals surface area contributed by atoms with Crippen molar-refractivity contribution in [2.75, 3.05) is 7.11 Å². The molecule has 13 nitrogen and oxygen atoms in total. The first-order chi connectivity index (χ1) is 20.3. The molecule has 0 saturated carbocycles. The molecule has 0 aliphatic rings. The molecular formula is C29H25N9O4. The number of esters is 1. The van der Waals surface area contributed by atoms with Crippen LogP contribution < -0.4 is 11.4 Å². The summed E-state index contributed by atoms with van der Waals surface area (Å²) in [7, 11) is 1.27. The standard InChI is InChI=1S/C15H14N4O3.C14H11N5O/c1-9(10-6-4-3-5-7-10)19-13-12(18-15(19)21)16-8-11(17-13)14(20)22-2;1-9(10-5-3-2-4-6-10)19-13-12(18-14(19)20)16-8-11(7-15)17-13/h3-9H,1-2H3,(H,16,18,21);2-6,8-9H,1H3,(H,16,18,20)/t2*9-/m00/s1. The number of imidazole rings is 2. The van der Waals surface area contributed by atoms with Gasteiger partial charge in [-0.1, -0.05) is 60.7 Å². The number of ether oxygens (including phenoxy) is 1. The van der Waals surface area contributed by atoms with E-state index in [-0.39, 0.29) is 34.9 Å². The average Bonchev–Trinajstić information content (AvgIpc) is 3.54. The molecular weight excluding hydrogens is 538 g/mol. The maximum Gasteiger partial charge on any atom is 0.358 e. The summed E-state index contributed by atoms with van der Waals surface area (Å²) in [6.07, 6.45) is 2.62. The van der Waals surface area contributed by atoms with Crippen LogP contribution in [-0.4, -0.2) is 52.1 Å². The van der Waals surface area contributed by atoms with Crippen molar-refractivity contribution in [3.63, 3.8) is 0 Å². The molecule has 210 valence electrons. The minimum atomic E-state index is -0.595. The van der Waals surface area contributed by atoms with E-state index in [1.165, 1.54) is 28.6 Å². The molecule has 0 fully saturated rings. The molecule has 2 aromatic carbocycles. The molecule has 0 radical (unpaired) electrons. The van der Waals surface area contributed by atoms with Gasteiger partial charge in [-0.15, -0.1) is 0 Å².